The van der Waals surface area contributed by atoms with E-state index in [2.05, 4.69) is 15.6 Å². The van der Waals surface area contributed by atoms with Crippen LogP contribution in [0.25, 0.3) is 0 Å². The molecule has 0 saturated heterocycles. The van der Waals surface area contributed by atoms with Crippen molar-refractivity contribution in [3.05, 3.63) is 58.9 Å². The summed E-state index contributed by atoms with van der Waals surface area (Å²) in [5.41, 5.74) is 3.08. The molecule has 0 fully saturated rings. The Morgan fingerprint density at radius 3 is 2.95 bits per heavy atom. The second-order valence-corrected chi connectivity index (χ2v) is 4.97. The summed E-state index contributed by atoms with van der Waals surface area (Å²) in [6.45, 7) is 2.64. The molecule has 98 valence electrons. The Bertz CT molecular complexity index is 572. The maximum absolute atomic E-state index is 5.96. The van der Waals surface area contributed by atoms with E-state index in [1.54, 1.807) is 12.4 Å². The first-order chi connectivity index (χ1) is 9.15. The van der Waals surface area contributed by atoms with Crippen LogP contribution in [0.15, 0.2) is 42.7 Å². The van der Waals surface area contributed by atoms with Gasteiger partial charge in [-0.3, -0.25) is 4.98 Å². The molecular weight excluding hydrogens is 278 g/mol. The number of nitrogens with one attached hydrogen (secondary N) is 2. The summed E-state index contributed by atoms with van der Waals surface area (Å²) in [6.07, 6.45) is 3.55. The van der Waals surface area contributed by atoms with Gasteiger partial charge in [-0.05, 0) is 48.5 Å². The van der Waals surface area contributed by atoms with Crippen LogP contribution in [-0.2, 0) is 6.54 Å². The quantitative estimate of drug-likeness (QED) is 0.848. The third-order valence-electron chi connectivity index (χ3n) is 2.62. The minimum atomic E-state index is 0.564. The number of halogens is 1. The van der Waals surface area contributed by atoms with Crippen LogP contribution >= 0.6 is 23.8 Å². The second-order valence-electron chi connectivity index (χ2n) is 4.13. The predicted octanol–water partition coefficient (Wildman–Crippen LogP) is 3.53. The van der Waals surface area contributed by atoms with Crippen molar-refractivity contribution in [3.8, 4) is 0 Å². The van der Waals surface area contributed by atoms with Gasteiger partial charge in [0.05, 0.1) is 0 Å². The Hall–Kier alpha value is -1.65. The molecule has 3 nitrogen and oxygen atoms in total. The summed E-state index contributed by atoms with van der Waals surface area (Å²) >= 11 is 11.2. The van der Waals surface area contributed by atoms with Crippen LogP contribution in [0.1, 0.15) is 11.1 Å². The highest BCUT2D eigenvalue weighted by atomic mass is 35.5. The SMILES string of the molecule is Cc1ccc(Cl)cc1NC(=S)NCc1cccnc1. The summed E-state index contributed by atoms with van der Waals surface area (Å²) in [7, 11) is 0. The fraction of sp³-hybridized carbons (Fsp3) is 0.143. The Balaban J connectivity index is 1.93. The number of benzene rings is 1. The fourth-order valence-electron chi connectivity index (χ4n) is 1.58. The number of rotatable bonds is 3. The molecule has 0 amide bonds. The number of nitrogens with zero attached hydrogens (tertiary/aromatic N) is 1. The molecule has 0 atom stereocenters. The molecule has 0 aliphatic heterocycles. The van der Waals surface area contributed by atoms with Gasteiger partial charge in [0.2, 0.25) is 0 Å². The van der Waals surface area contributed by atoms with Crippen LogP contribution in [0.2, 0.25) is 5.02 Å². The molecule has 0 unspecified atom stereocenters. The van der Waals surface area contributed by atoms with Crippen molar-refractivity contribution in [1.29, 1.82) is 0 Å². The lowest BCUT2D eigenvalue weighted by Crippen LogP contribution is -2.28. The number of anilines is 1. The number of hydrogen-bond acceptors (Lipinski definition) is 2. The minimum absolute atomic E-state index is 0.564. The molecule has 0 aliphatic carbocycles. The highest BCUT2D eigenvalue weighted by Crippen LogP contribution is 2.19. The molecule has 5 heteroatoms. The maximum Gasteiger partial charge on any atom is 0.171 e. The van der Waals surface area contributed by atoms with Gasteiger partial charge in [0, 0.05) is 29.6 Å². The third kappa shape index (κ3) is 4.19. The van der Waals surface area contributed by atoms with Crippen molar-refractivity contribution in [2.24, 2.45) is 0 Å². The molecule has 0 bridgehead atoms. The molecule has 0 radical (unpaired) electrons. The monoisotopic (exact) mass is 291 g/mol. The zero-order valence-corrected chi connectivity index (χ0v) is 12.1. The average Bonchev–Trinajstić information content (AvgIpc) is 2.42. The first kappa shape index (κ1) is 13.8. The van der Waals surface area contributed by atoms with E-state index in [0.717, 1.165) is 16.8 Å². The Morgan fingerprint density at radius 2 is 2.21 bits per heavy atom. The van der Waals surface area contributed by atoms with Crippen molar-refractivity contribution in [2.45, 2.75) is 13.5 Å². The van der Waals surface area contributed by atoms with Gasteiger partial charge >= 0.3 is 0 Å². The van der Waals surface area contributed by atoms with E-state index < -0.39 is 0 Å². The highest BCUT2D eigenvalue weighted by molar-refractivity contribution is 7.80. The summed E-state index contributed by atoms with van der Waals surface area (Å²) in [6, 6.07) is 9.55. The number of aryl methyl sites for hydroxylation is 1. The van der Waals surface area contributed by atoms with Crippen LogP contribution in [0.5, 0.6) is 0 Å². The van der Waals surface area contributed by atoms with Crippen molar-refractivity contribution in [1.82, 2.24) is 10.3 Å². The van der Waals surface area contributed by atoms with Gasteiger partial charge in [-0.1, -0.05) is 23.7 Å². The molecule has 1 aromatic heterocycles. The van der Waals surface area contributed by atoms with Crippen molar-refractivity contribution in [2.75, 3.05) is 5.32 Å². The number of hydrogen-bond donors (Lipinski definition) is 2. The third-order valence-corrected chi connectivity index (χ3v) is 3.11. The number of thiocarbonyl (C=S) groups is 1. The van der Waals surface area contributed by atoms with E-state index in [1.165, 1.54) is 0 Å². The molecule has 2 aromatic rings. The Kier molecular flexibility index (Phi) is 4.71. The smallest absolute Gasteiger partial charge is 0.171 e. The fourth-order valence-corrected chi connectivity index (χ4v) is 1.93. The first-order valence-corrected chi connectivity index (χ1v) is 6.63. The van der Waals surface area contributed by atoms with Crippen LogP contribution in [0.4, 0.5) is 5.69 Å². The van der Waals surface area contributed by atoms with E-state index >= 15 is 0 Å². The summed E-state index contributed by atoms with van der Waals surface area (Å²) < 4.78 is 0. The van der Waals surface area contributed by atoms with Gasteiger partial charge in [-0.15, -0.1) is 0 Å². The lowest BCUT2D eigenvalue weighted by molar-refractivity contribution is 0.916. The first-order valence-electron chi connectivity index (χ1n) is 5.85. The molecule has 2 rings (SSSR count). The molecular formula is C14H14ClN3S. The highest BCUT2D eigenvalue weighted by Gasteiger charge is 2.02. The Labute approximate surface area is 123 Å². The van der Waals surface area contributed by atoms with Gasteiger partial charge in [0.25, 0.3) is 0 Å². The summed E-state index contributed by atoms with van der Waals surface area (Å²) in [5, 5.41) is 7.52. The lowest BCUT2D eigenvalue weighted by atomic mass is 10.2. The van der Waals surface area contributed by atoms with Crippen LogP contribution in [0, 0.1) is 6.92 Å². The van der Waals surface area contributed by atoms with Crippen LogP contribution in [-0.4, -0.2) is 10.1 Å². The number of aromatic nitrogens is 1. The topological polar surface area (TPSA) is 37.0 Å². The van der Waals surface area contributed by atoms with Crippen LogP contribution < -0.4 is 10.6 Å². The standard InChI is InChI=1S/C14H14ClN3S/c1-10-4-5-12(15)7-13(10)18-14(19)17-9-11-3-2-6-16-8-11/h2-8H,9H2,1H3,(H2,17,18,19). The Morgan fingerprint density at radius 1 is 1.37 bits per heavy atom. The molecule has 1 heterocycles. The number of pyridine rings is 1. The van der Waals surface area contributed by atoms with Gasteiger partial charge in [0.15, 0.2) is 5.11 Å². The van der Waals surface area contributed by atoms with Gasteiger partial charge in [-0.25, -0.2) is 0 Å². The second kappa shape index (κ2) is 6.50. The summed E-state index contributed by atoms with van der Waals surface area (Å²) in [5.74, 6) is 0. The predicted molar refractivity (Wildman–Crippen MR) is 83.5 cm³/mol. The minimum Gasteiger partial charge on any atom is -0.358 e. The molecule has 2 N–H and O–H groups in total. The zero-order chi connectivity index (χ0) is 13.7. The maximum atomic E-state index is 5.96. The van der Waals surface area contributed by atoms with Crippen molar-refractivity contribution >= 4 is 34.6 Å². The molecule has 19 heavy (non-hydrogen) atoms. The van der Waals surface area contributed by atoms with Crippen molar-refractivity contribution in [3.63, 3.8) is 0 Å². The lowest BCUT2D eigenvalue weighted by Gasteiger charge is -2.12. The zero-order valence-electron chi connectivity index (χ0n) is 10.5. The molecule has 1 aromatic carbocycles. The van der Waals surface area contributed by atoms with Gasteiger partial charge < -0.3 is 10.6 Å². The van der Waals surface area contributed by atoms with Gasteiger partial charge in [-0.2, -0.15) is 0 Å². The normalized spacial score (nSPS) is 10.0. The summed E-state index contributed by atoms with van der Waals surface area (Å²) in [4.78, 5) is 4.05. The molecule has 0 aliphatic rings. The molecule has 0 saturated carbocycles. The van der Waals surface area contributed by atoms with E-state index in [4.69, 9.17) is 23.8 Å². The average molecular weight is 292 g/mol. The van der Waals surface area contributed by atoms with E-state index in [1.807, 2.05) is 37.3 Å². The van der Waals surface area contributed by atoms with Gasteiger partial charge in [0.1, 0.15) is 0 Å². The van der Waals surface area contributed by atoms with E-state index in [9.17, 15) is 0 Å². The van der Waals surface area contributed by atoms with Crippen LogP contribution in [0.3, 0.4) is 0 Å². The van der Waals surface area contributed by atoms with E-state index in [-0.39, 0.29) is 0 Å². The largest absolute Gasteiger partial charge is 0.358 e. The van der Waals surface area contributed by atoms with E-state index in [0.29, 0.717) is 16.7 Å². The molecule has 0 spiro atoms. The van der Waals surface area contributed by atoms with Crippen molar-refractivity contribution < 1.29 is 0 Å².